The van der Waals surface area contributed by atoms with Gasteiger partial charge in [-0.05, 0) is 26.3 Å². The van der Waals surface area contributed by atoms with Gasteiger partial charge in [-0.1, -0.05) is 20.8 Å². The van der Waals surface area contributed by atoms with E-state index >= 15 is 0 Å². The van der Waals surface area contributed by atoms with E-state index in [4.69, 9.17) is 4.74 Å². The predicted molar refractivity (Wildman–Crippen MR) is 79.3 cm³/mol. The Morgan fingerprint density at radius 2 is 2.05 bits per heavy atom. The fourth-order valence-electron chi connectivity index (χ4n) is 2.55. The number of hydrogen-bond donors (Lipinski definition) is 1. The van der Waals surface area contributed by atoms with Crippen molar-refractivity contribution in [1.82, 2.24) is 14.9 Å². The van der Waals surface area contributed by atoms with Gasteiger partial charge in [0, 0.05) is 38.0 Å². The summed E-state index contributed by atoms with van der Waals surface area (Å²) < 4.78 is 8.14. The van der Waals surface area contributed by atoms with Crippen LogP contribution in [0.1, 0.15) is 40.4 Å². The van der Waals surface area contributed by atoms with Gasteiger partial charge in [0.15, 0.2) is 0 Å². The second-order valence-corrected chi connectivity index (χ2v) is 5.16. The van der Waals surface area contributed by atoms with Gasteiger partial charge in [0.2, 0.25) is 0 Å². The second-order valence-electron chi connectivity index (χ2n) is 5.16. The highest BCUT2D eigenvalue weighted by molar-refractivity contribution is 4.97. The van der Waals surface area contributed by atoms with Crippen LogP contribution in [-0.2, 0) is 17.7 Å². The lowest BCUT2D eigenvalue weighted by Crippen LogP contribution is -2.46. The van der Waals surface area contributed by atoms with Gasteiger partial charge in [0.1, 0.15) is 5.82 Å². The zero-order chi connectivity index (χ0) is 14.3. The molecule has 1 heterocycles. The number of imidazole rings is 1. The Balaban J connectivity index is 2.80. The van der Waals surface area contributed by atoms with E-state index < -0.39 is 0 Å². The van der Waals surface area contributed by atoms with Crippen LogP contribution < -0.4 is 5.32 Å². The molecule has 4 heteroatoms. The molecule has 1 N–H and O–H groups in total. The zero-order valence-corrected chi connectivity index (χ0v) is 13.0. The minimum Gasteiger partial charge on any atom is -0.377 e. The van der Waals surface area contributed by atoms with E-state index in [0.717, 1.165) is 31.9 Å². The maximum atomic E-state index is 5.94. The molecule has 1 aromatic rings. The van der Waals surface area contributed by atoms with Gasteiger partial charge in [-0.2, -0.15) is 0 Å². The first-order valence-electron chi connectivity index (χ1n) is 7.48. The molecular formula is C15H29N3O. The van der Waals surface area contributed by atoms with Crippen LogP contribution in [0.5, 0.6) is 0 Å². The molecule has 0 aliphatic heterocycles. The fourth-order valence-corrected chi connectivity index (χ4v) is 2.55. The highest BCUT2D eigenvalue weighted by atomic mass is 16.5. The van der Waals surface area contributed by atoms with Crippen molar-refractivity contribution in [3.8, 4) is 0 Å². The fraction of sp³-hybridized carbons (Fsp3) is 0.800. The van der Waals surface area contributed by atoms with Crippen molar-refractivity contribution in [1.29, 1.82) is 0 Å². The average molecular weight is 267 g/mol. The normalized spacial score (nSPS) is 14.8. The van der Waals surface area contributed by atoms with Gasteiger partial charge in [-0.3, -0.25) is 0 Å². The molecule has 2 unspecified atom stereocenters. The largest absolute Gasteiger partial charge is 0.377 e. The molecule has 1 aromatic heterocycles. The summed E-state index contributed by atoms with van der Waals surface area (Å²) in [5, 5.41) is 3.56. The Labute approximate surface area is 117 Å². The standard InChI is InChI=1S/C15H29N3O/c1-6-16-13(15(12(4)5)19-8-3)11-14-17-9-10-18(14)7-2/h9-10,12-13,15-16H,6-8,11H2,1-5H3. The van der Waals surface area contributed by atoms with Crippen molar-refractivity contribution in [2.45, 2.75) is 59.7 Å². The first-order valence-corrected chi connectivity index (χ1v) is 7.48. The number of nitrogens with zero attached hydrogens (tertiary/aromatic N) is 2. The Morgan fingerprint density at radius 1 is 1.32 bits per heavy atom. The van der Waals surface area contributed by atoms with E-state index in [0.29, 0.717) is 12.0 Å². The molecule has 0 saturated carbocycles. The van der Waals surface area contributed by atoms with Crippen LogP contribution in [-0.4, -0.2) is 34.8 Å². The van der Waals surface area contributed by atoms with Crippen LogP contribution in [0, 0.1) is 5.92 Å². The number of aryl methyl sites for hydroxylation is 1. The lowest BCUT2D eigenvalue weighted by atomic mass is 9.96. The summed E-state index contributed by atoms with van der Waals surface area (Å²) in [6.45, 7) is 13.5. The summed E-state index contributed by atoms with van der Waals surface area (Å²) in [7, 11) is 0. The predicted octanol–water partition coefficient (Wildman–Crippen LogP) is 2.48. The minimum absolute atomic E-state index is 0.229. The maximum absolute atomic E-state index is 5.94. The zero-order valence-electron chi connectivity index (χ0n) is 13.0. The van der Waals surface area contributed by atoms with Crippen molar-refractivity contribution >= 4 is 0 Å². The third-order valence-electron chi connectivity index (χ3n) is 3.42. The van der Waals surface area contributed by atoms with Crippen LogP contribution in [0.25, 0.3) is 0 Å². The van der Waals surface area contributed by atoms with Crippen molar-refractivity contribution in [3.63, 3.8) is 0 Å². The first-order chi connectivity index (χ1) is 9.13. The molecule has 4 nitrogen and oxygen atoms in total. The lowest BCUT2D eigenvalue weighted by molar-refractivity contribution is 0.00335. The SMILES string of the molecule is CCNC(Cc1nccn1CC)C(OCC)C(C)C. The van der Waals surface area contributed by atoms with Gasteiger partial charge < -0.3 is 14.6 Å². The highest BCUT2D eigenvalue weighted by Gasteiger charge is 2.25. The Bertz CT molecular complexity index is 349. The van der Waals surface area contributed by atoms with Crippen molar-refractivity contribution in [2.24, 2.45) is 5.92 Å². The molecule has 1 rings (SSSR count). The number of aromatic nitrogens is 2. The van der Waals surface area contributed by atoms with E-state index in [1.54, 1.807) is 0 Å². The summed E-state index contributed by atoms with van der Waals surface area (Å²) in [5.41, 5.74) is 0. The monoisotopic (exact) mass is 267 g/mol. The molecule has 0 aliphatic rings. The van der Waals surface area contributed by atoms with Crippen LogP contribution in [0.4, 0.5) is 0 Å². The third-order valence-corrected chi connectivity index (χ3v) is 3.42. The van der Waals surface area contributed by atoms with Crippen LogP contribution in [0.3, 0.4) is 0 Å². The average Bonchev–Trinajstić information content (AvgIpc) is 2.82. The van der Waals surface area contributed by atoms with Gasteiger partial charge in [-0.15, -0.1) is 0 Å². The van der Waals surface area contributed by atoms with Gasteiger partial charge in [-0.25, -0.2) is 4.98 Å². The number of hydrogen-bond acceptors (Lipinski definition) is 3. The summed E-state index contributed by atoms with van der Waals surface area (Å²) in [6.07, 6.45) is 5.07. The van der Waals surface area contributed by atoms with Crippen molar-refractivity contribution < 1.29 is 4.74 Å². The molecule has 0 aliphatic carbocycles. The summed E-state index contributed by atoms with van der Waals surface area (Å²) in [6, 6.07) is 0.317. The molecule has 0 radical (unpaired) electrons. The van der Waals surface area contributed by atoms with Crippen LogP contribution >= 0.6 is 0 Å². The van der Waals surface area contributed by atoms with Crippen molar-refractivity contribution in [3.05, 3.63) is 18.2 Å². The summed E-state index contributed by atoms with van der Waals surface area (Å²) in [5.74, 6) is 1.63. The number of rotatable bonds is 9. The van der Waals surface area contributed by atoms with E-state index in [2.05, 4.69) is 49.5 Å². The van der Waals surface area contributed by atoms with Gasteiger partial charge >= 0.3 is 0 Å². The van der Waals surface area contributed by atoms with E-state index in [1.165, 1.54) is 0 Å². The molecule has 0 aromatic carbocycles. The summed E-state index contributed by atoms with van der Waals surface area (Å²) >= 11 is 0. The molecular weight excluding hydrogens is 238 g/mol. The van der Waals surface area contributed by atoms with Gasteiger partial charge in [0.05, 0.1) is 6.10 Å². The van der Waals surface area contributed by atoms with E-state index in [1.807, 2.05) is 12.4 Å². The number of likely N-dealkylation sites (N-methyl/N-ethyl adjacent to an activating group) is 1. The van der Waals surface area contributed by atoms with E-state index in [9.17, 15) is 0 Å². The van der Waals surface area contributed by atoms with Crippen molar-refractivity contribution in [2.75, 3.05) is 13.2 Å². The summed E-state index contributed by atoms with van der Waals surface area (Å²) in [4.78, 5) is 4.48. The Kier molecular flexibility index (Phi) is 7.10. The highest BCUT2D eigenvalue weighted by Crippen LogP contribution is 2.15. The molecule has 110 valence electrons. The smallest absolute Gasteiger partial charge is 0.110 e. The Hall–Kier alpha value is -0.870. The third kappa shape index (κ3) is 4.62. The van der Waals surface area contributed by atoms with Crippen LogP contribution in [0.2, 0.25) is 0 Å². The first kappa shape index (κ1) is 16.2. The van der Waals surface area contributed by atoms with E-state index in [-0.39, 0.29) is 6.10 Å². The molecule has 0 amide bonds. The number of ether oxygens (including phenoxy) is 1. The molecule has 19 heavy (non-hydrogen) atoms. The van der Waals surface area contributed by atoms with Gasteiger partial charge in [0.25, 0.3) is 0 Å². The molecule has 2 atom stereocenters. The quantitative estimate of drug-likeness (QED) is 0.747. The molecule has 0 spiro atoms. The second kappa shape index (κ2) is 8.33. The molecule has 0 fully saturated rings. The maximum Gasteiger partial charge on any atom is 0.110 e. The lowest BCUT2D eigenvalue weighted by Gasteiger charge is -2.30. The molecule has 0 saturated heterocycles. The minimum atomic E-state index is 0.229. The van der Waals surface area contributed by atoms with Crippen LogP contribution in [0.15, 0.2) is 12.4 Å². The topological polar surface area (TPSA) is 39.1 Å². The molecule has 0 bridgehead atoms. The number of nitrogens with one attached hydrogen (secondary N) is 1. The Morgan fingerprint density at radius 3 is 2.58 bits per heavy atom.